The van der Waals surface area contributed by atoms with E-state index < -0.39 is 0 Å². The number of rotatable bonds is 4. The molecule has 132 valence electrons. The van der Waals surface area contributed by atoms with E-state index in [1.807, 2.05) is 6.07 Å². The summed E-state index contributed by atoms with van der Waals surface area (Å²) in [5.41, 5.74) is 9.62. The third-order valence-corrected chi connectivity index (χ3v) is 4.97. The molecule has 1 amide bonds. The van der Waals surface area contributed by atoms with Crippen LogP contribution >= 0.6 is 0 Å². The number of anilines is 3. The van der Waals surface area contributed by atoms with Gasteiger partial charge < -0.3 is 26.1 Å². The number of benzene rings is 1. The molecule has 2 aliphatic rings. The number of oxazole rings is 1. The number of hydrogen-bond acceptors (Lipinski definition) is 6. The van der Waals surface area contributed by atoms with E-state index in [0.717, 1.165) is 30.5 Å². The summed E-state index contributed by atoms with van der Waals surface area (Å²) in [7, 11) is 0. The molecule has 0 bridgehead atoms. The van der Waals surface area contributed by atoms with Crippen LogP contribution in [0.1, 0.15) is 41.6 Å². The van der Waals surface area contributed by atoms with Gasteiger partial charge in [-0.3, -0.25) is 4.79 Å². The van der Waals surface area contributed by atoms with Gasteiger partial charge in [-0.1, -0.05) is 12.8 Å². The minimum atomic E-state index is -0.0729. The van der Waals surface area contributed by atoms with Gasteiger partial charge in [0.2, 0.25) is 0 Å². The summed E-state index contributed by atoms with van der Waals surface area (Å²) in [4.78, 5) is 16.4. The second-order valence-electron chi connectivity index (χ2n) is 6.73. The number of nitrogens with two attached hydrogens (primary N) is 1. The summed E-state index contributed by atoms with van der Waals surface area (Å²) in [6.07, 6.45) is 8.37. The number of carbonyl (C=O) groups excluding carboxylic acids is 1. The van der Waals surface area contributed by atoms with Gasteiger partial charge in [-0.25, -0.2) is 4.98 Å². The highest BCUT2D eigenvalue weighted by Crippen LogP contribution is 2.31. The van der Waals surface area contributed by atoms with Gasteiger partial charge in [0.1, 0.15) is 6.26 Å². The fourth-order valence-electron chi connectivity index (χ4n) is 3.70. The number of hydrogen-bond donors (Lipinski definition) is 4. The first-order valence-corrected chi connectivity index (χ1v) is 8.84. The highest BCUT2D eigenvalue weighted by Gasteiger charge is 2.25. The van der Waals surface area contributed by atoms with E-state index in [1.165, 1.54) is 19.1 Å². The van der Waals surface area contributed by atoms with Crippen LogP contribution in [0.25, 0.3) is 0 Å². The van der Waals surface area contributed by atoms with Crippen molar-refractivity contribution in [1.82, 2.24) is 10.3 Å². The maximum Gasteiger partial charge on any atom is 0.299 e. The Morgan fingerprint density at radius 3 is 2.96 bits per heavy atom. The van der Waals surface area contributed by atoms with E-state index in [1.54, 1.807) is 6.20 Å². The summed E-state index contributed by atoms with van der Waals surface area (Å²) < 4.78 is 5.28. The minimum absolute atomic E-state index is 0.0729. The zero-order chi connectivity index (χ0) is 17.2. The van der Waals surface area contributed by atoms with Crippen molar-refractivity contribution >= 4 is 23.3 Å². The monoisotopic (exact) mass is 341 g/mol. The third kappa shape index (κ3) is 3.32. The van der Waals surface area contributed by atoms with E-state index in [4.69, 9.17) is 10.2 Å². The van der Waals surface area contributed by atoms with Crippen LogP contribution in [-0.2, 0) is 6.42 Å². The zero-order valence-corrected chi connectivity index (χ0v) is 14.0. The Morgan fingerprint density at radius 2 is 2.16 bits per heavy atom. The van der Waals surface area contributed by atoms with Crippen molar-refractivity contribution in [2.75, 3.05) is 17.2 Å². The molecule has 2 atom stereocenters. The predicted molar refractivity (Wildman–Crippen MR) is 96.1 cm³/mol. The van der Waals surface area contributed by atoms with Crippen LogP contribution in [-0.4, -0.2) is 29.5 Å². The van der Waals surface area contributed by atoms with E-state index in [2.05, 4.69) is 27.0 Å². The minimum Gasteiger partial charge on any atom is -0.432 e. The lowest BCUT2D eigenvalue weighted by Crippen LogP contribution is -2.42. The van der Waals surface area contributed by atoms with Crippen molar-refractivity contribution in [3.8, 4) is 0 Å². The van der Waals surface area contributed by atoms with Crippen molar-refractivity contribution < 1.29 is 9.21 Å². The van der Waals surface area contributed by atoms with Crippen molar-refractivity contribution in [1.29, 1.82) is 0 Å². The Labute approximate surface area is 146 Å². The molecule has 1 saturated carbocycles. The van der Waals surface area contributed by atoms with Gasteiger partial charge in [0.15, 0.2) is 0 Å². The standard InChI is InChI=1S/C18H23N5O2/c19-13-3-1-2-4-14(13)22-12-9-11-5-6-20-17(24)16(11)15(10-12)23-18-21-7-8-25-18/h7-10,13-14,22H,1-6,19H2,(H,20,24)(H,21,23). The first kappa shape index (κ1) is 16.0. The van der Waals surface area contributed by atoms with Crippen LogP contribution in [0.4, 0.5) is 17.4 Å². The lowest BCUT2D eigenvalue weighted by Gasteiger charge is -2.31. The second kappa shape index (κ2) is 6.76. The molecule has 1 aromatic carbocycles. The second-order valence-corrected chi connectivity index (χ2v) is 6.73. The van der Waals surface area contributed by atoms with E-state index in [9.17, 15) is 4.79 Å². The zero-order valence-electron chi connectivity index (χ0n) is 14.0. The van der Waals surface area contributed by atoms with Crippen LogP contribution in [0.5, 0.6) is 0 Å². The van der Waals surface area contributed by atoms with Crippen molar-refractivity contribution in [3.05, 3.63) is 35.7 Å². The summed E-state index contributed by atoms with van der Waals surface area (Å²) in [6.45, 7) is 0.649. The molecular formula is C18H23N5O2. The van der Waals surface area contributed by atoms with Crippen LogP contribution < -0.4 is 21.7 Å². The first-order chi connectivity index (χ1) is 12.2. The molecule has 0 saturated heterocycles. The molecule has 1 aliphatic carbocycles. The molecular weight excluding hydrogens is 318 g/mol. The van der Waals surface area contributed by atoms with Gasteiger partial charge in [-0.05, 0) is 37.0 Å². The molecule has 2 aromatic rings. The third-order valence-electron chi connectivity index (χ3n) is 4.97. The molecule has 5 N–H and O–H groups in total. The lowest BCUT2D eigenvalue weighted by atomic mass is 9.90. The molecule has 4 rings (SSSR count). The lowest BCUT2D eigenvalue weighted by molar-refractivity contribution is 0.0947. The summed E-state index contributed by atoms with van der Waals surface area (Å²) in [5.74, 6) is -0.0729. The predicted octanol–water partition coefficient (Wildman–Crippen LogP) is 2.39. The van der Waals surface area contributed by atoms with Crippen LogP contribution in [0.2, 0.25) is 0 Å². The Kier molecular flexibility index (Phi) is 4.31. The highest BCUT2D eigenvalue weighted by molar-refractivity contribution is 6.03. The largest absolute Gasteiger partial charge is 0.432 e. The maximum absolute atomic E-state index is 12.3. The fraction of sp³-hybridized carbons (Fsp3) is 0.444. The Hall–Kier alpha value is -2.54. The smallest absolute Gasteiger partial charge is 0.299 e. The normalized spacial score (nSPS) is 22.8. The van der Waals surface area contributed by atoms with Crippen LogP contribution in [0.3, 0.4) is 0 Å². The van der Waals surface area contributed by atoms with Gasteiger partial charge >= 0.3 is 0 Å². The molecule has 1 fully saturated rings. The Balaban J connectivity index is 1.67. The average molecular weight is 341 g/mol. The van der Waals surface area contributed by atoms with Crippen molar-refractivity contribution in [2.24, 2.45) is 5.73 Å². The van der Waals surface area contributed by atoms with E-state index in [-0.39, 0.29) is 18.0 Å². The number of nitrogens with zero attached hydrogens (tertiary/aromatic N) is 1. The molecule has 25 heavy (non-hydrogen) atoms. The van der Waals surface area contributed by atoms with Crippen LogP contribution in [0, 0.1) is 0 Å². The SMILES string of the molecule is NC1CCCCC1Nc1cc2c(c(Nc3ncco3)c1)C(=O)NCC2. The summed E-state index contributed by atoms with van der Waals surface area (Å²) in [6, 6.07) is 4.80. The van der Waals surface area contributed by atoms with E-state index in [0.29, 0.717) is 23.8 Å². The molecule has 0 radical (unpaired) electrons. The van der Waals surface area contributed by atoms with Crippen molar-refractivity contribution in [2.45, 2.75) is 44.2 Å². The Morgan fingerprint density at radius 1 is 1.28 bits per heavy atom. The molecule has 0 spiro atoms. The maximum atomic E-state index is 12.3. The first-order valence-electron chi connectivity index (χ1n) is 8.84. The number of aromatic nitrogens is 1. The molecule has 7 heteroatoms. The van der Waals surface area contributed by atoms with E-state index >= 15 is 0 Å². The summed E-state index contributed by atoms with van der Waals surface area (Å²) in [5, 5.41) is 9.59. The van der Waals surface area contributed by atoms with Crippen molar-refractivity contribution in [3.63, 3.8) is 0 Å². The van der Waals surface area contributed by atoms with Crippen LogP contribution in [0.15, 0.2) is 29.0 Å². The van der Waals surface area contributed by atoms with Gasteiger partial charge in [0.05, 0.1) is 17.4 Å². The van der Waals surface area contributed by atoms with Gasteiger partial charge in [0, 0.05) is 24.3 Å². The number of fused-ring (bicyclic) bond motifs is 1. The quantitative estimate of drug-likeness (QED) is 0.680. The Bertz CT molecular complexity index is 759. The molecule has 7 nitrogen and oxygen atoms in total. The molecule has 2 unspecified atom stereocenters. The average Bonchev–Trinajstić information content (AvgIpc) is 3.10. The summed E-state index contributed by atoms with van der Waals surface area (Å²) >= 11 is 0. The molecule has 2 heterocycles. The highest BCUT2D eigenvalue weighted by atomic mass is 16.4. The number of nitrogens with one attached hydrogen (secondary N) is 3. The topological polar surface area (TPSA) is 105 Å². The van der Waals surface area contributed by atoms with Gasteiger partial charge in [-0.15, -0.1) is 0 Å². The van der Waals surface area contributed by atoms with Gasteiger partial charge in [0.25, 0.3) is 11.9 Å². The number of carbonyl (C=O) groups is 1. The molecule has 1 aliphatic heterocycles. The van der Waals surface area contributed by atoms with Gasteiger partial charge in [-0.2, -0.15) is 0 Å². The fourth-order valence-corrected chi connectivity index (χ4v) is 3.70. The molecule has 1 aromatic heterocycles. The number of amides is 1.